The van der Waals surface area contributed by atoms with Crippen LogP contribution < -0.4 is 15.8 Å². The Labute approximate surface area is 133 Å². The molecule has 2 rings (SSSR count). The van der Waals surface area contributed by atoms with Crippen molar-refractivity contribution in [1.29, 1.82) is 0 Å². The molecule has 0 radical (unpaired) electrons. The molecular weight excluding hydrogens is 300 g/mol. The van der Waals surface area contributed by atoms with Crippen LogP contribution in [0.1, 0.15) is 27.7 Å². The first-order chi connectivity index (χ1) is 10.5. The van der Waals surface area contributed by atoms with E-state index in [1.165, 1.54) is 11.3 Å². The van der Waals surface area contributed by atoms with Crippen LogP contribution in [-0.2, 0) is 17.6 Å². The van der Waals surface area contributed by atoms with Gasteiger partial charge in [0, 0.05) is 4.88 Å². The lowest BCUT2D eigenvalue weighted by molar-refractivity contribution is -0.115. The van der Waals surface area contributed by atoms with Crippen LogP contribution in [0.25, 0.3) is 0 Å². The topological polar surface area (TPSA) is 81.4 Å². The van der Waals surface area contributed by atoms with Crippen LogP contribution in [0.3, 0.4) is 0 Å². The Morgan fingerprint density at radius 2 is 1.95 bits per heavy atom. The first kappa shape index (κ1) is 16.0. The zero-order chi connectivity index (χ0) is 16.1. The van der Waals surface area contributed by atoms with E-state index < -0.39 is 5.91 Å². The molecule has 0 saturated heterocycles. The molecule has 0 aliphatic rings. The van der Waals surface area contributed by atoms with Crippen molar-refractivity contribution in [2.45, 2.75) is 19.8 Å². The number of aryl methyl sites for hydroxylation is 1. The molecule has 22 heavy (non-hydrogen) atoms. The van der Waals surface area contributed by atoms with Crippen LogP contribution in [0.5, 0.6) is 5.75 Å². The Bertz CT molecular complexity index is 677. The number of anilines is 1. The molecule has 0 aliphatic carbocycles. The number of amides is 2. The maximum atomic E-state index is 12.1. The monoisotopic (exact) mass is 318 g/mol. The van der Waals surface area contributed by atoms with Crippen LogP contribution >= 0.6 is 11.3 Å². The number of rotatable bonds is 6. The molecular formula is C16H18N2O3S. The number of nitrogens with one attached hydrogen (secondary N) is 1. The Hall–Kier alpha value is -2.34. The Morgan fingerprint density at radius 3 is 2.50 bits per heavy atom. The van der Waals surface area contributed by atoms with Crippen molar-refractivity contribution in [2.75, 3.05) is 12.4 Å². The Kier molecular flexibility index (Phi) is 5.16. The maximum Gasteiger partial charge on any atom is 0.251 e. The van der Waals surface area contributed by atoms with Gasteiger partial charge in [-0.15, -0.1) is 11.3 Å². The number of hydrogen-bond donors (Lipinski definition) is 2. The first-order valence-corrected chi connectivity index (χ1v) is 7.70. The summed E-state index contributed by atoms with van der Waals surface area (Å²) in [6, 6.07) is 9.00. The highest BCUT2D eigenvalue weighted by Gasteiger charge is 2.15. The van der Waals surface area contributed by atoms with Gasteiger partial charge >= 0.3 is 0 Å². The molecule has 1 aromatic carbocycles. The highest BCUT2D eigenvalue weighted by Crippen LogP contribution is 2.28. The van der Waals surface area contributed by atoms with E-state index in [0.29, 0.717) is 10.6 Å². The lowest BCUT2D eigenvalue weighted by Crippen LogP contribution is -2.17. The highest BCUT2D eigenvalue weighted by molar-refractivity contribution is 7.16. The van der Waals surface area contributed by atoms with Gasteiger partial charge in [-0.1, -0.05) is 19.1 Å². The summed E-state index contributed by atoms with van der Waals surface area (Å²) in [7, 11) is 1.59. The van der Waals surface area contributed by atoms with E-state index >= 15 is 0 Å². The average molecular weight is 318 g/mol. The minimum atomic E-state index is -0.532. The molecule has 1 aromatic heterocycles. The summed E-state index contributed by atoms with van der Waals surface area (Å²) in [5, 5.41) is 3.29. The average Bonchev–Trinajstić information content (AvgIpc) is 2.91. The first-order valence-electron chi connectivity index (χ1n) is 6.88. The van der Waals surface area contributed by atoms with Gasteiger partial charge in [0.2, 0.25) is 5.91 Å². The number of carbonyl (C=O) groups excluding carboxylic acids is 2. The fraction of sp³-hybridized carbons (Fsp3) is 0.250. The van der Waals surface area contributed by atoms with Crippen molar-refractivity contribution in [1.82, 2.24) is 0 Å². The third-order valence-electron chi connectivity index (χ3n) is 3.17. The van der Waals surface area contributed by atoms with Gasteiger partial charge in [-0.3, -0.25) is 9.59 Å². The predicted molar refractivity (Wildman–Crippen MR) is 87.5 cm³/mol. The second-order valence-electron chi connectivity index (χ2n) is 4.75. The van der Waals surface area contributed by atoms with Crippen molar-refractivity contribution in [3.8, 4) is 5.75 Å². The van der Waals surface area contributed by atoms with Crippen molar-refractivity contribution in [3.05, 3.63) is 46.3 Å². The number of carbonyl (C=O) groups is 2. The predicted octanol–water partition coefficient (Wildman–Crippen LogP) is 2.60. The summed E-state index contributed by atoms with van der Waals surface area (Å²) in [4.78, 5) is 24.6. The molecule has 2 aromatic rings. The molecule has 0 unspecified atom stereocenters. The number of methoxy groups -OCH3 is 1. The van der Waals surface area contributed by atoms with Crippen LogP contribution in [0.2, 0.25) is 0 Å². The van der Waals surface area contributed by atoms with Gasteiger partial charge in [0.05, 0.1) is 19.1 Å². The molecule has 0 saturated carbocycles. The molecule has 2 amide bonds. The van der Waals surface area contributed by atoms with E-state index in [9.17, 15) is 9.59 Å². The third kappa shape index (κ3) is 3.85. The molecule has 6 heteroatoms. The molecule has 0 atom stereocenters. The van der Waals surface area contributed by atoms with Crippen molar-refractivity contribution >= 4 is 28.2 Å². The second kappa shape index (κ2) is 7.09. The molecule has 5 nitrogen and oxygen atoms in total. The number of nitrogens with two attached hydrogens (primary N) is 1. The molecule has 1 heterocycles. The molecule has 0 spiro atoms. The van der Waals surface area contributed by atoms with Gasteiger partial charge in [0.25, 0.3) is 5.91 Å². The normalized spacial score (nSPS) is 10.3. The van der Waals surface area contributed by atoms with Crippen molar-refractivity contribution < 1.29 is 14.3 Å². The fourth-order valence-electron chi connectivity index (χ4n) is 1.99. The van der Waals surface area contributed by atoms with Gasteiger partial charge in [-0.05, 0) is 30.2 Å². The van der Waals surface area contributed by atoms with Gasteiger partial charge in [0.1, 0.15) is 10.8 Å². The summed E-state index contributed by atoms with van der Waals surface area (Å²) >= 11 is 1.38. The smallest absolute Gasteiger partial charge is 0.251 e. The van der Waals surface area contributed by atoms with E-state index in [2.05, 4.69) is 5.32 Å². The second-order valence-corrected chi connectivity index (χ2v) is 5.88. The van der Waals surface area contributed by atoms with E-state index in [1.54, 1.807) is 25.3 Å². The Morgan fingerprint density at radius 1 is 1.27 bits per heavy atom. The van der Waals surface area contributed by atoms with Crippen LogP contribution in [0.4, 0.5) is 5.00 Å². The van der Waals surface area contributed by atoms with E-state index in [0.717, 1.165) is 22.6 Å². The number of ether oxygens (including phenoxy) is 1. The lowest BCUT2D eigenvalue weighted by Gasteiger charge is -2.05. The van der Waals surface area contributed by atoms with Gasteiger partial charge < -0.3 is 15.8 Å². The standard InChI is InChI=1S/C16H18N2O3S/c1-3-12-9-13(15(17)20)16(22-12)18-14(19)8-10-4-6-11(21-2)7-5-10/h4-7,9H,3,8H2,1-2H3,(H2,17,20)(H,18,19). The third-order valence-corrected chi connectivity index (χ3v) is 4.37. The summed E-state index contributed by atoms with van der Waals surface area (Å²) in [6.45, 7) is 1.99. The SMILES string of the molecule is CCc1cc(C(N)=O)c(NC(=O)Cc2ccc(OC)cc2)s1. The summed E-state index contributed by atoms with van der Waals surface area (Å²) < 4.78 is 5.08. The molecule has 0 bridgehead atoms. The van der Waals surface area contributed by atoms with Crippen LogP contribution in [0, 0.1) is 0 Å². The molecule has 116 valence electrons. The molecule has 3 N–H and O–H groups in total. The maximum absolute atomic E-state index is 12.1. The summed E-state index contributed by atoms with van der Waals surface area (Å²) in [6.07, 6.45) is 1.01. The minimum Gasteiger partial charge on any atom is -0.497 e. The highest BCUT2D eigenvalue weighted by atomic mass is 32.1. The summed E-state index contributed by atoms with van der Waals surface area (Å²) in [5.41, 5.74) is 6.58. The van der Waals surface area contributed by atoms with Crippen molar-refractivity contribution in [2.24, 2.45) is 5.73 Å². The number of thiophene rings is 1. The summed E-state index contributed by atoms with van der Waals surface area (Å²) in [5.74, 6) is 0.0267. The van der Waals surface area contributed by atoms with Crippen molar-refractivity contribution in [3.63, 3.8) is 0 Å². The molecule has 0 fully saturated rings. The van der Waals surface area contributed by atoms with Gasteiger partial charge in [-0.2, -0.15) is 0 Å². The largest absolute Gasteiger partial charge is 0.497 e. The van der Waals surface area contributed by atoms with Crippen LogP contribution in [-0.4, -0.2) is 18.9 Å². The van der Waals surface area contributed by atoms with Gasteiger partial charge in [0.15, 0.2) is 0 Å². The molecule has 0 aliphatic heterocycles. The Balaban J connectivity index is 2.08. The fourth-order valence-corrected chi connectivity index (χ4v) is 3.01. The van der Waals surface area contributed by atoms with Gasteiger partial charge in [-0.25, -0.2) is 0 Å². The zero-order valence-corrected chi connectivity index (χ0v) is 13.3. The van der Waals surface area contributed by atoms with E-state index in [4.69, 9.17) is 10.5 Å². The lowest BCUT2D eigenvalue weighted by atomic mass is 10.1. The van der Waals surface area contributed by atoms with Crippen LogP contribution in [0.15, 0.2) is 30.3 Å². The number of primary amides is 1. The van der Waals surface area contributed by atoms with E-state index in [-0.39, 0.29) is 12.3 Å². The minimum absolute atomic E-state index is 0.183. The quantitative estimate of drug-likeness (QED) is 0.859. The van der Waals surface area contributed by atoms with E-state index in [1.807, 2.05) is 19.1 Å². The number of hydrogen-bond acceptors (Lipinski definition) is 4. The zero-order valence-electron chi connectivity index (χ0n) is 12.5. The number of benzene rings is 1.